The Bertz CT molecular complexity index is 714. The smallest absolute Gasteiger partial charge is 0.236 e. The van der Waals surface area contributed by atoms with E-state index in [1.807, 2.05) is 50.2 Å². The highest BCUT2D eigenvalue weighted by atomic mass is 35.5. The molecule has 0 aliphatic carbocycles. The number of carbonyl (C=O) groups excluding carboxylic acids is 2. The molecule has 0 radical (unpaired) electrons. The van der Waals surface area contributed by atoms with E-state index in [1.54, 1.807) is 17.0 Å². The second kappa shape index (κ2) is 8.50. The average Bonchev–Trinajstić information content (AvgIpc) is 2.55. The second-order valence-electron chi connectivity index (χ2n) is 5.56. The molecule has 0 bridgehead atoms. The molecule has 2 aromatic rings. The minimum absolute atomic E-state index is 0.171. The number of hydrogen-bond donors (Lipinski definition) is 1. The van der Waals surface area contributed by atoms with Crippen molar-refractivity contribution in [2.75, 3.05) is 11.4 Å². The SMILES string of the molecule is CCN(C(=O)CC(=O)NCc1ccc(Cl)cc1)c1cccc(C)c1. The number of anilines is 1. The molecule has 2 rings (SSSR count). The van der Waals surface area contributed by atoms with Gasteiger partial charge in [-0.15, -0.1) is 0 Å². The van der Waals surface area contributed by atoms with Gasteiger partial charge in [-0.2, -0.15) is 0 Å². The number of nitrogens with one attached hydrogen (secondary N) is 1. The quantitative estimate of drug-likeness (QED) is 0.812. The van der Waals surface area contributed by atoms with E-state index in [1.165, 1.54) is 0 Å². The maximum atomic E-state index is 12.4. The zero-order chi connectivity index (χ0) is 17.5. The summed E-state index contributed by atoms with van der Waals surface area (Å²) in [6.45, 7) is 4.76. The summed E-state index contributed by atoms with van der Waals surface area (Å²) < 4.78 is 0. The van der Waals surface area contributed by atoms with Crippen LogP contribution in [0.5, 0.6) is 0 Å². The first-order valence-electron chi connectivity index (χ1n) is 7.87. The first-order valence-corrected chi connectivity index (χ1v) is 8.25. The number of carbonyl (C=O) groups is 2. The topological polar surface area (TPSA) is 49.4 Å². The van der Waals surface area contributed by atoms with Gasteiger partial charge >= 0.3 is 0 Å². The van der Waals surface area contributed by atoms with Crippen LogP contribution in [0.15, 0.2) is 48.5 Å². The van der Waals surface area contributed by atoms with Gasteiger partial charge in [-0.3, -0.25) is 9.59 Å². The monoisotopic (exact) mass is 344 g/mol. The average molecular weight is 345 g/mol. The van der Waals surface area contributed by atoms with Gasteiger partial charge in [0.2, 0.25) is 11.8 Å². The van der Waals surface area contributed by atoms with E-state index < -0.39 is 0 Å². The first kappa shape index (κ1) is 18.0. The molecule has 4 nitrogen and oxygen atoms in total. The number of benzene rings is 2. The molecule has 0 aliphatic heterocycles. The summed E-state index contributed by atoms with van der Waals surface area (Å²) in [5, 5.41) is 3.41. The molecule has 5 heteroatoms. The summed E-state index contributed by atoms with van der Waals surface area (Å²) in [4.78, 5) is 26.0. The van der Waals surface area contributed by atoms with Crippen LogP contribution in [-0.4, -0.2) is 18.4 Å². The Morgan fingerprint density at radius 1 is 1.12 bits per heavy atom. The van der Waals surface area contributed by atoms with Gasteiger partial charge in [-0.1, -0.05) is 35.9 Å². The van der Waals surface area contributed by atoms with Gasteiger partial charge in [0, 0.05) is 23.8 Å². The van der Waals surface area contributed by atoms with Gasteiger partial charge in [0.1, 0.15) is 6.42 Å². The van der Waals surface area contributed by atoms with Crippen LogP contribution in [0.2, 0.25) is 5.02 Å². The molecule has 0 aliphatic rings. The molecule has 0 heterocycles. The highest BCUT2D eigenvalue weighted by Gasteiger charge is 2.17. The molecule has 24 heavy (non-hydrogen) atoms. The largest absolute Gasteiger partial charge is 0.352 e. The standard InChI is InChI=1S/C19H21ClN2O2/c1-3-22(17-6-4-5-14(2)11-17)19(24)12-18(23)21-13-15-7-9-16(20)10-8-15/h4-11H,3,12-13H2,1-2H3,(H,21,23). The van der Waals surface area contributed by atoms with Crippen molar-refractivity contribution >= 4 is 29.1 Å². The van der Waals surface area contributed by atoms with Gasteiger partial charge in [0.25, 0.3) is 0 Å². The molecule has 0 aromatic heterocycles. The fourth-order valence-electron chi connectivity index (χ4n) is 2.40. The van der Waals surface area contributed by atoms with Gasteiger partial charge < -0.3 is 10.2 Å². The zero-order valence-corrected chi connectivity index (χ0v) is 14.6. The number of hydrogen-bond acceptors (Lipinski definition) is 2. The number of amides is 2. The second-order valence-corrected chi connectivity index (χ2v) is 5.99. The van der Waals surface area contributed by atoms with Crippen molar-refractivity contribution in [3.8, 4) is 0 Å². The van der Waals surface area contributed by atoms with Crippen LogP contribution in [0.3, 0.4) is 0 Å². The summed E-state index contributed by atoms with van der Waals surface area (Å²) in [6.07, 6.45) is -0.171. The summed E-state index contributed by atoms with van der Waals surface area (Å²) in [5.74, 6) is -0.502. The molecule has 0 atom stereocenters. The Morgan fingerprint density at radius 3 is 2.46 bits per heavy atom. The van der Waals surface area contributed by atoms with Crippen molar-refractivity contribution in [1.82, 2.24) is 5.32 Å². The van der Waals surface area contributed by atoms with E-state index in [9.17, 15) is 9.59 Å². The molecule has 1 N–H and O–H groups in total. The Morgan fingerprint density at radius 2 is 1.83 bits per heavy atom. The van der Waals surface area contributed by atoms with E-state index in [4.69, 9.17) is 11.6 Å². The third kappa shape index (κ3) is 5.10. The van der Waals surface area contributed by atoms with Crippen molar-refractivity contribution in [2.24, 2.45) is 0 Å². The van der Waals surface area contributed by atoms with Crippen LogP contribution in [0.4, 0.5) is 5.69 Å². The van der Waals surface area contributed by atoms with Crippen molar-refractivity contribution in [1.29, 1.82) is 0 Å². The van der Waals surface area contributed by atoms with Crippen molar-refractivity contribution < 1.29 is 9.59 Å². The number of aryl methyl sites for hydroxylation is 1. The molecule has 0 saturated heterocycles. The van der Waals surface area contributed by atoms with E-state index in [0.29, 0.717) is 18.1 Å². The van der Waals surface area contributed by atoms with E-state index in [-0.39, 0.29) is 18.2 Å². The van der Waals surface area contributed by atoms with E-state index in [2.05, 4.69) is 5.32 Å². The molecule has 0 saturated carbocycles. The summed E-state index contributed by atoms with van der Waals surface area (Å²) >= 11 is 5.83. The van der Waals surface area contributed by atoms with E-state index in [0.717, 1.165) is 16.8 Å². The normalized spacial score (nSPS) is 10.3. The number of nitrogens with zero attached hydrogens (tertiary/aromatic N) is 1. The Balaban J connectivity index is 1.92. The molecule has 0 spiro atoms. The Labute approximate surface area is 147 Å². The molecular weight excluding hydrogens is 324 g/mol. The molecular formula is C19H21ClN2O2. The lowest BCUT2D eigenvalue weighted by Crippen LogP contribution is -2.35. The van der Waals surface area contributed by atoms with Crippen LogP contribution in [-0.2, 0) is 16.1 Å². The van der Waals surface area contributed by atoms with Crippen molar-refractivity contribution in [2.45, 2.75) is 26.8 Å². The Kier molecular flexibility index (Phi) is 6.38. The highest BCUT2D eigenvalue weighted by molar-refractivity contribution is 6.30. The molecule has 126 valence electrons. The highest BCUT2D eigenvalue weighted by Crippen LogP contribution is 2.16. The predicted octanol–water partition coefficient (Wildman–Crippen LogP) is 3.71. The van der Waals surface area contributed by atoms with Crippen molar-refractivity contribution in [3.05, 3.63) is 64.7 Å². The summed E-state index contributed by atoms with van der Waals surface area (Å²) in [6, 6.07) is 14.9. The minimum Gasteiger partial charge on any atom is -0.352 e. The molecule has 2 aromatic carbocycles. The minimum atomic E-state index is -0.291. The lowest BCUT2D eigenvalue weighted by atomic mass is 10.2. The van der Waals surface area contributed by atoms with Crippen LogP contribution in [0.25, 0.3) is 0 Å². The maximum absolute atomic E-state index is 12.4. The van der Waals surface area contributed by atoms with Crippen molar-refractivity contribution in [3.63, 3.8) is 0 Å². The molecule has 0 unspecified atom stereocenters. The summed E-state index contributed by atoms with van der Waals surface area (Å²) in [5.41, 5.74) is 2.82. The van der Waals surface area contributed by atoms with E-state index >= 15 is 0 Å². The van der Waals surface area contributed by atoms with Crippen LogP contribution < -0.4 is 10.2 Å². The lowest BCUT2D eigenvalue weighted by Gasteiger charge is -2.21. The van der Waals surface area contributed by atoms with Crippen LogP contribution in [0, 0.1) is 6.92 Å². The van der Waals surface area contributed by atoms with Crippen LogP contribution in [0.1, 0.15) is 24.5 Å². The first-order chi connectivity index (χ1) is 11.5. The van der Waals surface area contributed by atoms with Gasteiger partial charge in [-0.25, -0.2) is 0 Å². The van der Waals surface area contributed by atoms with Gasteiger partial charge in [0.15, 0.2) is 0 Å². The fourth-order valence-corrected chi connectivity index (χ4v) is 2.52. The fraction of sp³-hybridized carbons (Fsp3) is 0.263. The number of rotatable bonds is 6. The maximum Gasteiger partial charge on any atom is 0.236 e. The summed E-state index contributed by atoms with van der Waals surface area (Å²) in [7, 11) is 0. The lowest BCUT2D eigenvalue weighted by molar-refractivity contribution is -0.128. The third-order valence-electron chi connectivity index (χ3n) is 3.65. The Hall–Kier alpha value is -2.33. The molecule has 0 fully saturated rings. The number of halogens is 1. The predicted molar refractivity (Wildman–Crippen MR) is 97.1 cm³/mol. The van der Waals surface area contributed by atoms with Gasteiger partial charge in [-0.05, 0) is 49.2 Å². The molecule has 2 amide bonds. The third-order valence-corrected chi connectivity index (χ3v) is 3.90. The zero-order valence-electron chi connectivity index (χ0n) is 13.9. The van der Waals surface area contributed by atoms with Crippen LogP contribution >= 0.6 is 11.6 Å². The van der Waals surface area contributed by atoms with Gasteiger partial charge in [0.05, 0.1) is 0 Å².